The number of nitrogens with zero attached hydrogens (tertiary/aromatic N) is 2. The third kappa shape index (κ3) is 4.38. The molecule has 1 atom stereocenters. The first-order valence-electron chi connectivity index (χ1n) is 6.13. The molecule has 0 fully saturated rings. The second-order valence-corrected chi connectivity index (χ2v) is 6.42. The Labute approximate surface area is 128 Å². The van der Waals surface area contributed by atoms with E-state index in [4.69, 9.17) is 21.1 Å². The van der Waals surface area contributed by atoms with Gasteiger partial charge in [-0.3, -0.25) is 0 Å². The summed E-state index contributed by atoms with van der Waals surface area (Å²) >= 11 is 9.52. The summed E-state index contributed by atoms with van der Waals surface area (Å²) in [6, 6.07) is 0. The number of halogens is 2. The summed E-state index contributed by atoms with van der Waals surface area (Å²) in [4.78, 5) is 8.84. The van der Waals surface area contributed by atoms with Crippen LogP contribution in [0.25, 0.3) is 0 Å². The quantitative estimate of drug-likeness (QED) is 0.747. The summed E-state index contributed by atoms with van der Waals surface area (Å²) in [6.45, 7) is 9.18. The normalized spacial score (nSPS) is 13.6. The van der Waals surface area contributed by atoms with Crippen LogP contribution in [-0.4, -0.2) is 23.7 Å². The minimum Gasteiger partial charge on any atom is -0.378 e. The predicted molar refractivity (Wildman–Crippen MR) is 79.3 cm³/mol. The number of ether oxygens (including phenoxy) is 2. The maximum absolute atomic E-state index is 6.14. The monoisotopic (exact) mass is 350 g/mol. The van der Waals surface area contributed by atoms with Crippen LogP contribution in [0.5, 0.6) is 0 Å². The molecule has 0 N–H and O–H groups in total. The van der Waals surface area contributed by atoms with Crippen LogP contribution >= 0.6 is 27.5 Å². The van der Waals surface area contributed by atoms with Gasteiger partial charge in [-0.1, -0.05) is 32.4 Å². The summed E-state index contributed by atoms with van der Waals surface area (Å²) < 4.78 is 11.6. The Balaban J connectivity index is 3.24. The summed E-state index contributed by atoms with van der Waals surface area (Å²) in [7, 11) is 1.62. The molecule has 1 aromatic rings. The van der Waals surface area contributed by atoms with Gasteiger partial charge in [0.1, 0.15) is 11.3 Å². The van der Waals surface area contributed by atoms with E-state index in [1.165, 1.54) is 0 Å². The molecular weight excluding hydrogens is 332 g/mol. The lowest BCUT2D eigenvalue weighted by Gasteiger charge is -2.29. The molecule has 1 rings (SSSR count). The lowest BCUT2D eigenvalue weighted by Crippen LogP contribution is -2.24. The first-order chi connectivity index (χ1) is 8.81. The summed E-state index contributed by atoms with van der Waals surface area (Å²) in [5.41, 5.74) is 0.615. The molecule has 0 saturated heterocycles. The molecule has 0 aliphatic carbocycles. The van der Waals surface area contributed by atoms with E-state index in [2.05, 4.69) is 46.7 Å². The van der Waals surface area contributed by atoms with Crippen molar-refractivity contribution in [1.82, 2.24) is 9.97 Å². The topological polar surface area (TPSA) is 44.2 Å². The molecule has 0 amide bonds. The van der Waals surface area contributed by atoms with E-state index < -0.39 is 0 Å². The maximum Gasteiger partial charge on any atom is 0.159 e. The number of rotatable bonds is 5. The molecule has 0 aliphatic rings. The standard InChI is InChI=1S/C13H20BrClN2O2/c1-6-19-10(13(2,3)4)12-16-8(7-18-5)9(14)11(15)17-12/h10H,6-7H2,1-5H3. The Morgan fingerprint density at radius 1 is 1.32 bits per heavy atom. The molecule has 0 aromatic carbocycles. The van der Waals surface area contributed by atoms with Crippen LogP contribution in [0.3, 0.4) is 0 Å². The molecule has 6 heteroatoms. The third-order valence-electron chi connectivity index (χ3n) is 2.53. The van der Waals surface area contributed by atoms with Crippen molar-refractivity contribution in [2.45, 2.75) is 40.4 Å². The van der Waals surface area contributed by atoms with Crippen LogP contribution < -0.4 is 0 Å². The van der Waals surface area contributed by atoms with Gasteiger partial charge in [-0.15, -0.1) is 0 Å². The number of methoxy groups -OCH3 is 1. The van der Waals surface area contributed by atoms with Crippen molar-refractivity contribution in [2.75, 3.05) is 13.7 Å². The van der Waals surface area contributed by atoms with Crippen LogP contribution in [-0.2, 0) is 16.1 Å². The highest BCUT2D eigenvalue weighted by Gasteiger charge is 2.30. The van der Waals surface area contributed by atoms with E-state index in [1.54, 1.807) is 7.11 Å². The van der Waals surface area contributed by atoms with Gasteiger partial charge in [0.15, 0.2) is 5.82 Å². The minimum atomic E-state index is -0.210. The largest absolute Gasteiger partial charge is 0.378 e. The molecule has 0 radical (unpaired) electrons. The van der Waals surface area contributed by atoms with Crippen molar-refractivity contribution in [3.05, 3.63) is 21.1 Å². The van der Waals surface area contributed by atoms with Gasteiger partial charge in [-0.25, -0.2) is 9.97 Å². The molecule has 4 nitrogen and oxygen atoms in total. The molecule has 1 heterocycles. The minimum absolute atomic E-state index is 0.114. The van der Waals surface area contributed by atoms with Crippen molar-refractivity contribution >= 4 is 27.5 Å². The molecule has 0 aliphatic heterocycles. The van der Waals surface area contributed by atoms with Crippen molar-refractivity contribution in [2.24, 2.45) is 5.41 Å². The molecule has 0 saturated carbocycles. The summed E-state index contributed by atoms with van der Waals surface area (Å²) in [5.74, 6) is 0.592. The average Bonchev–Trinajstić information content (AvgIpc) is 2.30. The number of hydrogen-bond acceptors (Lipinski definition) is 4. The van der Waals surface area contributed by atoms with Gasteiger partial charge in [-0.05, 0) is 28.3 Å². The zero-order chi connectivity index (χ0) is 14.6. The van der Waals surface area contributed by atoms with E-state index in [0.29, 0.717) is 28.7 Å². The van der Waals surface area contributed by atoms with Gasteiger partial charge in [0, 0.05) is 13.7 Å². The zero-order valence-corrected chi connectivity index (χ0v) is 14.3. The number of hydrogen-bond donors (Lipinski definition) is 0. The first kappa shape index (κ1) is 16.8. The molecule has 0 bridgehead atoms. The smallest absolute Gasteiger partial charge is 0.159 e. The Morgan fingerprint density at radius 2 is 1.95 bits per heavy atom. The highest BCUT2D eigenvalue weighted by molar-refractivity contribution is 9.10. The predicted octanol–water partition coefficient (Wildman–Crippen LogP) is 4.16. The van der Waals surface area contributed by atoms with E-state index in [1.807, 2.05) is 6.92 Å². The Hall–Kier alpha value is -0.230. The van der Waals surface area contributed by atoms with Crippen molar-refractivity contribution in [1.29, 1.82) is 0 Å². The van der Waals surface area contributed by atoms with Gasteiger partial charge in [0.05, 0.1) is 16.8 Å². The zero-order valence-electron chi connectivity index (χ0n) is 12.0. The first-order valence-corrected chi connectivity index (χ1v) is 7.30. The fourth-order valence-corrected chi connectivity index (χ4v) is 2.20. The van der Waals surface area contributed by atoms with Gasteiger partial charge >= 0.3 is 0 Å². The SMILES string of the molecule is CCOC(c1nc(Cl)c(Br)c(COC)n1)C(C)(C)C. The fraction of sp³-hybridized carbons (Fsp3) is 0.692. The van der Waals surface area contributed by atoms with E-state index in [0.717, 1.165) is 5.69 Å². The molecule has 108 valence electrons. The molecule has 0 spiro atoms. The Bertz CT molecular complexity index is 435. The van der Waals surface area contributed by atoms with Crippen molar-refractivity contribution in [3.8, 4) is 0 Å². The van der Waals surface area contributed by atoms with E-state index in [-0.39, 0.29) is 11.5 Å². The second-order valence-electron chi connectivity index (χ2n) is 5.27. The van der Waals surface area contributed by atoms with Crippen LogP contribution in [0.1, 0.15) is 45.3 Å². The lowest BCUT2D eigenvalue weighted by atomic mass is 9.88. The second kappa shape index (κ2) is 6.97. The lowest BCUT2D eigenvalue weighted by molar-refractivity contribution is -0.0194. The van der Waals surface area contributed by atoms with Crippen LogP contribution in [0.15, 0.2) is 4.47 Å². The van der Waals surface area contributed by atoms with Gasteiger partial charge in [-0.2, -0.15) is 0 Å². The Morgan fingerprint density at radius 3 is 2.42 bits per heavy atom. The Kier molecular flexibility index (Phi) is 6.17. The highest BCUT2D eigenvalue weighted by Crippen LogP contribution is 2.36. The van der Waals surface area contributed by atoms with Crippen LogP contribution in [0.4, 0.5) is 0 Å². The van der Waals surface area contributed by atoms with Gasteiger partial charge < -0.3 is 9.47 Å². The fourth-order valence-electron chi connectivity index (χ4n) is 1.71. The van der Waals surface area contributed by atoms with E-state index >= 15 is 0 Å². The molecule has 19 heavy (non-hydrogen) atoms. The van der Waals surface area contributed by atoms with Gasteiger partial charge in [0.25, 0.3) is 0 Å². The van der Waals surface area contributed by atoms with Crippen molar-refractivity contribution in [3.63, 3.8) is 0 Å². The number of aromatic nitrogens is 2. The average molecular weight is 352 g/mol. The van der Waals surface area contributed by atoms with Crippen LogP contribution in [0, 0.1) is 5.41 Å². The van der Waals surface area contributed by atoms with Gasteiger partial charge in [0.2, 0.25) is 0 Å². The molecule has 1 aromatic heterocycles. The summed E-state index contributed by atoms with van der Waals surface area (Å²) in [6.07, 6.45) is -0.210. The molecule has 1 unspecified atom stereocenters. The molecular formula is C13H20BrClN2O2. The van der Waals surface area contributed by atoms with Crippen molar-refractivity contribution < 1.29 is 9.47 Å². The summed E-state index contributed by atoms with van der Waals surface area (Å²) in [5, 5.41) is 0.381. The van der Waals surface area contributed by atoms with E-state index in [9.17, 15) is 0 Å². The maximum atomic E-state index is 6.14. The highest BCUT2D eigenvalue weighted by atomic mass is 79.9. The van der Waals surface area contributed by atoms with Crippen LogP contribution in [0.2, 0.25) is 5.15 Å². The third-order valence-corrected chi connectivity index (χ3v) is 3.87.